The molecule has 1 heterocycles. The van der Waals surface area contributed by atoms with E-state index < -0.39 is 15.4 Å². The van der Waals surface area contributed by atoms with Gasteiger partial charge in [0.05, 0.1) is 17.4 Å². The Balaban J connectivity index is 1.88. The molecule has 0 aliphatic carbocycles. The van der Waals surface area contributed by atoms with Crippen molar-refractivity contribution in [2.24, 2.45) is 5.41 Å². The van der Waals surface area contributed by atoms with Crippen LogP contribution in [0.25, 0.3) is 11.0 Å². The van der Waals surface area contributed by atoms with Gasteiger partial charge in [-0.15, -0.1) is 0 Å². The second-order valence-electron chi connectivity index (χ2n) is 6.78. The molecule has 0 spiro atoms. The van der Waals surface area contributed by atoms with Crippen molar-refractivity contribution in [2.75, 3.05) is 10.0 Å². The van der Waals surface area contributed by atoms with Gasteiger partial charge in [-0.3, -0.25) is 9.52 Å². The number of nitrogens with one attached hydrogen (secondary N) is 2. The number of aromatic nitrogens is 2. The van der Waals surface area contributed by atoms with Gasteiger partial charge >= 0.3 is 0 Å². The Morgan fingerprint density at radius 2 is 1.73 bits per heavy atom. The van der Waals surface area contributed by atoms with E-state index in [2.05, 4.69) is 18.8 Å². The van der Waals surface area contributed by atoms with Gasteiger partial charge in [0.1, 0.15) is 15.9 Å². The van der Waals surface area contributed by atoms with E-state index in [-0.39, 0.29) is 10.8 Å². The fourth-order valence-electron chi connectivity index (χ4n) is 2.19. The normalized spacial score (nSPS) is 12.1. The Kier molecular flexibility index (Phi) is 4.68. The first-order valence-electron chi connectivity index (χ1n) is 7.82. The summed E-state index contributed by atoms with van der Waals surface area (Å²) in [6.45, 7) is 5.41. The third kappa shape index (κ3) is 3.83. The van der Waals surface area contributed by atoms with Gasteiger partial charge < -0.3 is 5.32 Å². The molecule has 0 aliphatic rings. The summed E-state index contributed by atoms with van der Waals surface area (Å²) >= 11 is 0.961. The van der Waals surface area contributed by atoms with Crippen molar-refractivity contribution in [1.82, 2.24) is 8.75 Å². The van der Waals surface area contributed by atoms with E-state index in [1.807, 2.05) is 0 Å². The molecular weight excluding hydrogens is 372 g/mol. The molecule has 0 atom stereocenters. The summed E-state index contributed by atoms with van der Waals surface area (Å²) in [4.78, 5) is 12.2. The Labute approximate surface area is 155 Å². The summed E-state index contributed by atoms with van der Waals surface area (Å²) < 4.78 is 36.1. The maximum Gasteiger partial charge on any atom is 0.264 e. The van der Waals surface area contributed by atoms with Gasteiger partial charge in [-0.2, -0.15) is 8.75 Å². The van der Waals surface area contributed by atoms with Crippen molar-refractivity contribution >= 4 is 50.1 Å². The van der Waals surface area contributed by atoms with Crippen LogP contribution in [-0.2, 0) is 14.8 Å². The van der Waals surface area contributed by atoms with E-state index in [9.17, 15) is 13.2 Å². The van der Waals surface area contributed by atoms with Gasteiger partial charge in [-0.1, -0.05) is 32.9 Å². The number of hydrogen-bond acceptors (Lipinski definition) is 6. The van der Waals surface area contributed by atoms with Crippen molar-refractivity contribution in [3.05, 3.63) is 42.5 Å². The van der Waals surface area contributed by atoms with E-state index in [4.69, 9.17) is 0 Å². The summed E-state index contributed by atoms with van der Waals surface area (Å²) in [5.41, 5.74) is 1.17. The first-order valence-corrected chi connectivity index (χ1v) is 10.0. The van der Waals surface area contributed by atoms with Gasteiger partial charge in [0, 0.05) is 11.1 Å². The molecule has 3 rings (SSSR count). The third-order valence-electron chi connectivity index (χ3n) is 3.59. The monoisotopic (exact) mass is 390 g/mol. The Morgan fingerprint density at radius 3 is 2.46 bits per heavy atom. The topological polar surface area (TPSA) is 101 Å². The number of anilines is 2. The van der Waals surface area contributed by atoms with Crippen LogP contribution >= 0.6 is 11.7 Å². The second-order valence-corrected chi connectivity index (χ2v) is 8.96. The lowest BCUT2D eigenvalue weighted by Crippen LogP contribution is -2.27. The molecule has 0 radical (unpaired) electrons. The third-order valence-corrected chi connectivity index (χ3v) is 5.55. The number of fused-ring (bicyclic) bond motifs is 1. The van der Waals surface area contributed by atoms with E-state index >= 15 is 0 Å². The molecule has 7 nitrogen and oxygen atoms in total. The number of carbonyl (C=O) groups excluding carboxylic acids is 1. The predicted molar refractivity (Wildman–Crippen MR) is 103 cm³/mol. The van der Waals surface area contributed by atoms with Gasteiger partial charge in [0.15, 0.2) is 0 Å². The smallest absolute Gasteiger partial charge is 0.264 e. The summed E-state index contributed by atoms with van der Waals surface area (Å²) in [6.07, 6.45) is 0. The zero-order chi connectivity index (χ0) is 18.9. The molecule has 0 aliphatic heterocycles. The standard InChI is InChI=1S/C17H18N4O3S2/c1-17(2,3)16(22)18-11-6-4-7-12(10-11)21-26(23,24)14-9-5-8-13-15(14)20-25-19-13/h4-10,21H,1-3H3,(H,18,22). The number of benzene rings is 2. The maximum atomic E-state index is 12.7. The van der Waals surface area contributed by atoms with E-state index in [1.165, 1.54) is 6.07 Å². The van der Waals surface area contributed by atoms with Crippen LogP contribution in [0.2, 0.25) is 0 Å². The lowest BCUT2D eigenvalue weighted by Gasteiger charge is -2.18. The van der Waals surface area contributed by atoms with Crippen LogP contribution in [0.5, 0.6) is 0 Å². The Bertz CT molecular complexity index is 1070. The molecular formula is C17H18N4O3S2. The molecule has 9 heteroatoms. The van der Waals surface area contributed by atoms with Crippen molar-refractivity contribution in [2.45, 2.75) is 25.7 Å². The first kappa shape index (κ1) is 18.3. The molecule has 2 aromatic carbocycles. The number of amides is 1. The van der Waals surface area contributed by atoms with E-state index in [0.717, 1.165) is 11.7 Å². The number of hydrogen-bond donors (Lipinski definition) is 2. The minimum atomic E-state index is -3.84. The van der Waals surface area contributed by atoms with Gasteiger partial charge in [-0.05, 0) is 30.3 Å². The molecule has 26 heavy (non-hydrogen) atoms. The molecule has 0 bridgehead atoms. The summed E-state index contributed by atoms with van der Waals surface area (Å²) in [6, 6.07) is 11.4. The predicted octanol–water partition coefficient (Wildman–Crippen LogP) is 3.48. The van der Waals surface area contributed by atoms with Crippen LogP contribution in [0.3, 0.4) is 0 Å². The molecule has 1 amide bonds. The molecule has 0 saturated carbocycles. The molecule has 0 fully saturated rings. The van der Waals surface area contributed by atoms with Crippen LogP contribution < -0.4 is 10.0 Å². The average Bonchev–Trinajstić information content (AvgIpc) is 3.02. The highest BCUT2D eigenvalue weighted by Gasteiger charge is 2.22. The van der Waals surface area contributed by atoms with Crippen molar-refractivity contribution < 1.29 is 13.2 Å². The van der Waals surface area contributed by atoms with Crippen molar-refractivity contribution in [3.63, 3.8) is 0 Å². The SMILES string of the molecule is CC(C)(C)C(=O)Nc1cccc(NS(=O)(=O)c2cccc3nsnc23)c1. The second kappa shape index (κ2) is 6.65. The molecule has 136 valence electrons. The molecule has 0 saturated heterocycles. The van der Waals surface area contributed by atoms with E-state index in [0.29, 0.717) is 22.4 Å². The minimum Gasteiger partial charge on any atom is -0.326 e. The van der Waals surface area contributed by atoms with Gasteiger partial charge in [0.25, 0.3) is 10.0 Å². The highest BCUT2D eigenvalue weighted by Crippen LogP contribution is 2.25. The first-order chi connectivity index (χ1) is 12.2. The highest BCUT2D eigenvalue weighted by atomic mass is 32.2. The minimum absolute atomic E-state index is 0.0629. The molecule has 0 unspecified atom stereocenters. The Hall–Kier alpha value is -2.52. The summed E-state index contributed by atoms with van der Waals surface area (Å²) in [5, 5.41) is 2.78. The average molecular weight is 390 g/mol. The van der Waals surface area contributed by atoms with Gasteiger partial charge in [-0.25, -0.2) is 8.42 Å². The lowest BCUT2D eigenvalue weighted by atomic mass is 9.95. The van der Waals surface area contributed by atoms with Crippen LogP contribution in [-0.4, -0.2) is 23.1 Å². The fourth-order valence-corrected chi connectivity index (χ4v) is 4.00. The number of sulfonamides is 1. The van der Waals surface area contributed by atoms with Crippen LogP contribution in [0.15, 0.2) is 47.4 Å². The fraction of sp³-hybridized carbons (Fsp3) is 0.235. The van der Waals surface area contributed by atoms with Crippen LogP contribution in [0, 0.1) is 5.41 Å². The maximum absolute atomic E-state index is 12.7. The van der Waals surface area contributed by atoms with Crippen LogP contribution in [0.4, 0.5) is 11.4 Å². The summed E-state index contributed by atoms with van der Waals surface area (Å²) in [7, 11) is -3.84. The number of carbonyl (C=O) groups is 1. The van der Waals surface area contributed by atoms with Crippen molar-refractivity contribution in [1.29, 1.82) is 0 Å². The van der Waals surface area contributed by atoms with Crippen molar-refractivity contribution in [3.8, 4) is 0 Å². The van der Waals surface area contributed by atoms with Crippen LogP contribution in [0.1, 0.15) is 20.8 Å². The largest absolute Gasteiger partial charge is 0.326 e. The Morgan fingerprint density at radius 1 is 1.04 bits per heavy atom. The quantitative estimate of drug-likeness (QED) is 0.710. The molecule has 2 N–H and O–H groups in total. The summed E-state index contributed by atoms with van der Waals surface area (Å²) in [5.74, 6) is -0.157. The number of nitrogens with zero attached hydrogens (tertiary/aromatic N) is 2. The molecule has 3 aromatic rings. The highest BCUT2D eigenvalue weighted by molar-refractivity contribution is 7.93. The lowest BCUT2D eigenvalue weighted by molar-refractivity contribution is -0.123. The molecule has 1 aromatic heterocycles. The van der Waals surface area contributed by atoms with E-state index in [1.54, 1.807) is 57.2 Å². The zero-order valence-electron chi connectivity index (χ0n) is 14.5. The number of rotatable bonds is 4. The zero-order valence-corrected chi connectivity index (χ0v) is 16.1. The van der Waals surface area contributed by atoms with Gasteiger partial charge in [0.2, 0.25) is 5.91 Å².